The lowest BCUT2D eigenvalue weighted by molar-refractivity contribution is -0.136. The molecular formula is C15H22N2O2S. The number of hydrogen-bond donors (Lipinski definition) is 1. The van der Waals surface area contributed by atoms with Gasteiger partial charge in [-0.2, -0.15) is 0 Å². The van der Waals surface area contributed by atoms with Gasteiger partial charge < -0.3 is 15.0 Å². The van der Waals surface area contributed by atoms with E-state index < -0.39 is 0 Å². The van der Waals surface area contributed by atoms with E-state index in [1.54, 1.807) is 7.11 Å². The van der Waals surface area contributed by atoms with Crippen LogP contribution >= 0.6 is 11.3 Å². The number of carbonyl (C=O) groups excluding carboxylic acids is 1. The third-order valence-electron chi connectivity index (χ3n) is 4.49. The summed E-state index contributed by atoms with van der Waals surface area (Å²) in [5.74, 6) is 0.244. The fourth-order valence-corrected chi connectivity index (χ4v) is 4.30. The second-order valence-electron chi connectivity index (χ2n) is 5.56. The van der Waals surface area contributed by atoms with Gasteiger partial charge in [-0.1, -0.05) is 6.92 Å². The van der Waals surface area contributed by atoms with E-state index in [1.807, 2.05) is 11.3 Å². The molecule has 0 bridgehead atoms. The van der Waals surface area contributed by atoms with Gasteiger partial charge >= 0.3 is 0 Å². The number of amides is 1. The van der Waals surface area contributed by atoms with E-state index in [0.717, 1.165) is 32.4 Å². The standard InChI is InChI=1S/C15H22N2O2S/c1-3-13-11-5-7-20-14(11)4-6-17(13)15(18)12-8-10(19-2)9-16-12/h5,7,10,12-13,16H,3-4,6,8-9H2,1-2H3. The maximum atomic E-state index is 12.8. The molecular weight excluding hydrogens is 272 g/mol. The highest BCUT2D eigenvalue weighted by Gasteiger charge is 2.37. The molecule has 3 rings (SSSR count). The number of carbonyl (C=O) groups is 1. The van der Waals surface area contributed by atoms with Gasteiger partial charge in [0, 0.05) is 25.1 Å². The van der Waals surface area contributed by atoms with Gasteiger partial charge in [0.15, 0.2) is 0 Å². The van der Waals surface area contributed by atoms with Crippen LogP contribution in [0.4, 0.5) is 0 Å². The lowest BCUT2D eigenvalue weighted by Crippen LogP contribution is -2.47. The molecule has 20 heavy (non-hydrogen) atoms. The van der Waals surface area contributed by atoms with Crippen LogP contribution in [0.15, 0.2) is 11.4 Å². The monoisotopic (exact) mass is 294 g/mol. The van der Waals surface area contributed by atoms with Crippen molar-refractivity contribution in [3.8, 4) is 0 Å². The van der Waals surface area contributed by atoms with Crippen LogP contribution in [-0.4, -0.2) is 43.2 Å². The number of rotatable bonds is 3. The molecule has 4 nitrogen and oxygen atoms in total. The lowest BCUT2D eigenvalue weighted by Gasteiger charge is -2.37. The first kappa shape index (κ1) is 14.0. The van der Waals surface area contributed by atoms with E-state index >= 15 is 0 Å². The number of nitrogens with zero attached hydrogens (tertiary/aromatic N) is 1. The summed E-state index contributed by atoms with van der Waals surface area (Å²) in [4.78, 5) is 16.3. The SMILES string of the molecule is CCC1c2ccsc2CCN1C(=O)C1CC(OC)CN1. The van der Waals surface area contributed by atoms with E-state index in [1.165, 1.54) is 10.4 Å². The van der Waals surface area contributed by atoms with Crippen LogP contribution < -0.4 is 5.32 Å². The molecule has 0 saturated carbocycles. The fraction of sp³-hybridized carbons (Fsp3) is 0.667. The molecule has 1 amide bonds. The minimum absolute atomic E-state index is 0.0748. The number of hydrogen-bond acceptors (Lipinski definition) is 4. The van der Waals surface area contributed by atoms with Crippen molar-refractivity contribution in [1.29, 1.82) is 0 Å². The first-order chi connectivity index (χ1) is 9.74. The third kappa shape index (κ3) is 2.38. The molecule has 3 heterocycles. The van der Waals surface area contributed by atoms with E-state index in [-0.39, 0.29) is 24.1 Å². The lowest BCUT2D eigenvalue weighted by atomic mass is 9.96. The number of ether oxygens (including phenoxy) is 1. The molecule has 0 aromatic carbocycles. The van der Waals surface area contributed by atoms with Crippen molar-refractivity contribution >= 4 is 17.2 Å². The third-order valence-corrected chi connectivity index (χ3v) is 5.48. The van der Waals surface area contributed by atoms with Gasteiger partial charge in [0.25, 0.3) is 0 Å². The largest absolute Gasteiger partial charge is 0.380 e. The Morgan fingerprint density at radius 3 is 3.15 bits per heavy atom. The van der Waals surface area contributed by atoms with Crippen molar-refractivity contribution in [3.63, 3.8) is 0 Å². The minimum Gasteiger partial charge on any atom is -0.380 e. The van der Waals surface area contributed by atoms with Gasteiger partial charge in [0.2, 0.25) is 5.91 Å². The summed E-state index contributed by atoms with van der Waals surface area (Å²) in [5, 5.41) is 5.45. The van der Waals surface area contributed by atoms with Crippen molar-refractivity contribution in [1.82, 2.24) is 10.2 Å². The summed E-state index contributed by atoms with van der Waals surface area (Å²) >= 11 is 1.82. The van der Waals surface area contributed by atoms with Crippen LogP contribution in [0, 0.1) is 0 Å². The van der Waals surface area contributed by atoms with Gasteiger partial charge in [0.05, 0.1) is 18.2 Å². The molecule has 0 aliphatic carbocycles. The molecule has 3 unspecified atom stereocenters. The molecule has 3 atom stereocenters. The summed E-state index contributed by atoms with van der Waals surface area (Å²) in [6, 6.07) is 2.36. The molecule has 1 saturated heterocycles. The van der Waals surface area contributed by atoms with Gasteiger partial charge in [-0.25, -0.2) is 0 Å². The summed E-state index contributed by atoms with van der Waals surface area (Å²) in [7, 11) is 1.71. The Morgan fingerprint density at radius 2 is 2.45 bits per heavy atom. The van der Waals surface area contributed by atoms with Crippen molar-refractivity contribution in [2.75, 3.05) is 20.2 Å². The Kier molecular flexibility index (Phi) is 4.10. The number of methoxy groups -OCH3 is 1. The van der Waals surface area contributed by atoms with E-state index in [9.17, 15) is 4.79 Å². The van der Waals surface area contributed by atoms with Gasteiger partial charge in [-0.3, -0.25) is 4.79 Å². The summed E-state index contributed by atoms with van der Waals surface area (Å²) < 4.78 is 5.34. The molecule has 0 spiro atoms. The summed E-state index contributed by atoms with van der Waals surface area (Å²) in [6.07, 6.45) is 2.94. The Hall–Kier alpha value is -0.910. The average Bonchev–Trinajstić information content (AvgIpc) is 3.13. The van der Waals surface area contributed by atoms with Crippen LogP contribution in [-0.2, 0) is 16.0 Å². The Labute approximate surface area is 124 Å². The predicted molar refractivity (Wildman–Crippen MR) is 80.0 cm³/mol. The van der Waals surface area contributed by atoms with Crippen molar-refractivity contribution < 1.29 is 9.53 Å². The predicted octanol–water partition coefficient (Wildman–Crippen LogP) is 1.96. The second kappa shape index (κ2) is 5.84. The Balaban J connectivity index is 1.75. The molecule has 1 aromatic rings. The van der Waals surface area contributed by atoms with Crippen LogP contribution in [0.2, 0.25) is 0 Å². The summed E-state index contributed by atoms with van der Waals surface area (Å²) in [5.41, 5.74) is 1.36. The Bertz CT molecular complexity index is 488. The second-order valence-corrected chi connectivity index (χ2v) is 6.56. The maximum Gasteiger partial charge on any atom is 0.240 e. The molecule has 1 N–H and O–H groups in total. The zero-order chi connectivity index (χ0) is 14.1. The minimum atomic E-state index is -0.0748. The highest BCUT2D eigenvalue weighted by atomic mass is 32.1. The molecule has 1 aromatic heterocycles. The topological polar surface area (TPSA) is 41.6 Å². The molecule has 5 heteroatoms. The van der Waals surface area contributed by atoms with E-state index in [2.05, 4.69) is 28.6 Å². The fourth-order valence-electron chi connectivity index (χ4n) is 3.37. The molecule has 1 fully saturated rings. The van der Waals surface area contributed by atoms with Crippen LogP contribution in [0.25, 0.3) is 0 Å². The highest BCUT2D eigenvalue weighted by molar-refractivity contribution is 7.10. The van der Waals surface area contributed by atoms with E-state index in [4.69, 9.17) is 4.74 Å². The molecule has 2 aliphatic rings. The zero-order valence-corrected chi connectivity index (χ0v) is 12.9. The maximum absolute atomic E-state index is 12.8. The van der Waals surface area contributed by atoms with E-state index in [0.29, 0.717) is 0 Å². The normalized spacial score (nSPS) is 29.5. The Morgan fingerprint density at radius 1 is 1.60 bits per heavy atom. The van der Waals surface area contributed by atoms with Gasteiger partial charge in [-0.15, -0.1) is 11.3 Å². The summed E-state index contributed by atoms with van der Waals surface area (Å²) in [6.45, 7) is 3.79. The first-order valence-electron chi connectivity index (χ1n) is 7.37. The molecule has 2 aliphatic heterocycles. The van der Waals surface area contributed by atoms with Crippen LogP contribution in [0.5, 0.6) is 0 Å². The molecule has 0 radical (unpaired) electrons. The first-order valence-corrected chi connectivity index (χ1v) is 8.25. The van der Waals surface area contributed by atoms with Gasteiger partial charge in [0.1, 0.15) is 0 Å². The average molecular weight is 294 g/mol. The smallest absolute Gasteiger partial charge is 0.240 e. The van der Waals surface area contributed by atoms with Crippen LogP contribution in [0.1, 0.15) is 36.2 Å². The van der Waals surface area contributed by atoms with Crippen molar-refractivity contribution in [3.05, 3.63) is 21.9 Å². The van der Waals surface area contributed by atoms with Crippen LogP contribution in [0.3, 0.4) is 0 Å². The highest BCUT2D eigenvalue weighted by Crippen LogP contribution is 2.35. The molecule has 110 valence electrons. The quantitative estimate of drug-likeness (QED) is 0.926. The van der Waals surface area contributed by atoms with Crippen molar-refractivity contribution in [2.24, 2.45) is 0 Å². The van der Waals surface area contributed by atoms with Crippen molar-refractivity contribution in [2.45, 2.75) is 44.4 Å². The number of fused-ring (bicyclic) bond motifs is 1. The zero-order valence-electron chi connectivity index (χ0n) is 12.1. The van der Waals surface area contributed by atoms with Gasteiger partial charge in [-0.05, 0) is 36.3 Å². The number of nitrogens with one attached hydrogen (secondary N) is 1. The number of thiophene rings is 1.